The van der Waals surface area contributed by atoms with Crippen LogP contribution in [0.2, 0.25) is 5.02 Å². The van der Waals surface area contributed by atoms with Crippen LogP contribution >= 0.6 is 11.6 Å². The summed E-state index contributed by atoms with van der Waals surface area (Å²) in [6.07, 6.45) is 6.05. The Labute approximate surface area is 126 Å². The molecular formula is C12H7ClNNaO2. The van der Waals surface area contributed by atoms with Crippen molar-refractivity contribution >= 4 is 28.8 Å². The summed E-state index contributed by atoms with van der Waals surface area (Å²) in [6.45, 7) is 0. The van der Waals surface area contributed by atoms with Gasteiger partial charge in [-0.25, -0.2) is 4.99 Å². The summed E-state index contributed by atoms with van der Waals surface area (Å²) in [4.78, 5) is 15.1. The molecule has 0 aliphatic heterocycles. The number of halogens is 1. The van der Waals surface area contributed by atoms with E-state index in [9.17, 15) is 9.90 Å². The van der Waals surface area contributed by atoms with Gasteiger partial charge in [-0.2, -0.15) is 0 Å². The predicted molar refractivity (Wildman–Crippen MR) is 61.3 cm³/mol. The van der Waals surface area contributed by atoms with E-state index in [0.717, 1.165) is 0 Å². The Morgan fingerprint density at radius 2 is 1.76 bits per heavy atom. The van der Waals surface area contributed by atoms with Crippen molar-refractivity contribution in [3.05, 3.63) is 47.5 Å². The van der Waals surface area contributed by atoms with Gasteiger partial charge in [0.05, 0.1) is 16.4 Å². The largest absolute Gasteiger partial charge is 1.00 e. The third-order valence-corrected chi connectivity index (χ3v) is 2.31. The molecular weight excluding hydrogens is 249 g/mol. The smallest absolute Gasteiger partial charge is 0.872 e. The molecule has 0 amide bonds. The van der Waals surface area contributed by atoms with E-state index in [0.29, 0.717) is 16.4 Å². The third-order valence-electron chi connectivity index (χ3n) is 2.01. The van der Waals surface area contributed by atoms with Crippen molar-refractivity contribution in [2.24, 2.45) is 4.99 Å². The summed E-state index contributed by atoms with van der Waals surface area (Å²) in [5.74, 6) is -0.223. The molecule has 0 bridgehead atoms. The molecule has 0 fully saturated rings. The van der Waals surface area contributed by atoms with E-state index in [-0.39, 0.29) is 41.1 Å². The predicted octanol–water partition coefficient (Wildman–Crippen LogP) is -0.815. The number of hydrogen-bond donors (Lipinski definition) is 0. The number of nitrogens with zero attached hydrogens (tertiary/aromatic N) is 1. The fourth-order valence-electron chi connectivity index (χ4n) is 1.24. The van der Waals surface area contributed by atoms with E-state index in [1.54, 1.807) is 18.2 Å². The Kier molecular flexibility index (Phi) is 5.15. The average molecular weight is 256 g/mol. The molecule has 0 heterocycles. The van der Waals surface area contributed by atoms with E-state index in [1.807, 2.05) is 0 Å². The number of rotatable bonds is 1. The van der Waals surface area contributed by atoms with Gasteiger partial charge in [0.15, 0.2) is 5.78 Å². The second kappa shape index (κ2) is 6.17. The van der Waals surface area contributed by atoms with Gasteiger partial charge in [0, 0.05) is 0 Å². The summed E-state index contributed by atoms with van der Waals surface area (Å²) in [7, 11) is 0. The van der Waals surface area contributed by atoms with Gasteiger partial charge in [-0.1, -0.05) is 17.7 Å². The maximum atomic E-state index is 11.0. The standard InChI is InChI=1S/C12H8ClNO2.Na/c13-11-7-10(16)5-6-12(11)14-8-1-3-9(15)4-2-8;/h1-7,16H;/q;+1/p-1. The average Bonchev–Trinajstić information content (AvgIpc) is 2.25. The zero-order chi connectivity index (χ0) is 11.5. The van der Waals surface area contributed by atoms with Crippen LogP contribution in [0.5, 0.6) is 5.75 Å². The number of hydrogen-bond acceptors (Lipinski definition) is 3. The first-order chi connectivity index (χ1) is 7.65. The molecule has 0 spiro atoms. The zero-order valence-corrected chi connectivity index (χ0v) is 11.9. The van der Waals surface area contributed by atoms with Crippen LogP contribution in [0.4, 0.5) is 5.69 Å². The Morgan fingerprint density at radius 1 is 1.12 bits per heavy atom. The van der Waals surface area contributed by atoms with Gasteiger partial charge >= 0.3 is 29.6 Å². The Bertz CT molecular complexity index is 517. The molecule has 1 aromatic rings. The molecule has 0 radical (unpaired) electrons. The summed E-state index contributed by atoms with van der Waals surface area (Å²) in [5.41, 5.74) is 1.14. The Balaban J connectivity index is 0.00000144. The molecule has 0 saturated heterocycles. The van der Waals surface area contributed by atoms with Crippen LogP contribution in [0.15, 0.2) is 47.5 Å². The van der Waals surface area contributed by atoms with Crippen LogP contribution in [-0.2, 0) is 4.79 Å². The minimum absolute atomic E-state index is 0. The second-order valence-corrected chi connectivity index (χ2v) is 3.63. The fraction of sp³-hybridized carbons (Fsp3) is 0. The Hall–Kier alpha value is -0.870. The molecule has 0 atom stereocenters. The molecule has 17 heavy (non-hydrogen) atoms. The monoisotopic (exact) mass is 255 g/mol. The van der Waals surface area contributed by atoms with E-state index in [4.69, 9.17) is 11.6 Å². The number of allylic oxidation sites excluding steroid dienone is 4. The van der Waals surface area contributed by atoms with Gasteiger partial charge in [-0.15, -0.1) is 5.75 Å². The molecule has 0 N–H and O–H groups in total. The minimum atomic E-state index is -0.154. The molecule has 0 saturated carbocycles. The maximum Gasteiger partial charge on any atom is 1.00 e. The summed E-state index contributed by atoms with van der Waals surface area (Å²) < 4.78 is 0. The van der Waals surface area contributed by atoms with Gasteiger partial charge in [0.1, 0.15) is 0 Å². The van der Waals surface area contributed by atoms with E-state index >= 15 is 0 Å². The number of carbonyl (C=O) groups is 1. The van der Waals surface area contributed by atoms with Crippen molar-refractivity contribution in [1.29, 1.82) is 0 Å². The van der Waals surface area contributed by atoms with Crippen LogP contribution in [0, 0.1) is 0 Å². The third kappa shape index (κ3) is 3.82. The number of carbonyl (C=O) groups excluding carboxylic acids is 1. The molecule has 0 unspecified atom stereocenters. The molecule has 80 valence electrons. The quantitative estimate of drug-likeness (QED) is 0.487. The first kappa shape index (κ1) is 14.2. The zero-order valence-electron chi connectivity index (χ0n) is 9.18. The van der Waals surface area contributed by atoms with Crippen molar-refractivity contribution in [3.63, 3.8) is 0 Å². The fourth-order valence-corrected chi connectivity index (χ4v) is 1.45. The first-order valence-corrected chi connectivity index (χ1v) is 4.98. The molecule has 0 aromatic heterocycles. The van der Waals surface area contributed by atoms with Crippen molar-refractivity contribution < 1.29 is 39.5 Å². The van der Waals surface area contributed by atoms with Crippen molar-refractivity contribution in [3.8, 4) is 5.75 Å². The SMILES string of the molecule is O=C1C=CC(=Nc2ccc([O-])cc2Cl)C=C1.[Na+]. The second-order valence-electron chi connectivity index (χ2n) is 3.22. The molecule has 1 aromatic carbocycles. The maximum absolute atomic E-state index is 11.0. The van der Waals surface area contributed by atoms with Gasteiger partial charge < -0.3 is 5.11 Å². The Morgan fingerprint density at radius 3 is 2.35 bits per heavy atom. The van der Waals surface area contributed by atoms with Gasteiger partial charge in [-0.3, -0.25) is 4.79 Å². The van der Waals surface area contributed by atoms with Crippen LogP contribution < -0.4 is 34.7 Å². The van der Waals surface area contributed by atoms with Crippen LogP contribution in [0.3, 0.4) is 0 Å². The van der Waals surface area contributed by atoms with Crippen LogP contribution in [-0.4, -0.2) is 11.5 Å². The summed E-state index contributed by atoms with van der Waals surface area (Å²) in [5, 5.41) is 11.3. The summed E-state index contributed by atoms with van der Waals surface area (Å²) >= 11 is 5.86. The van der Waals surface area contributed by atoms with Gasteiger partial charge in [0.25, 0.3) is 0 Å². The van der Waals surface area contributed by atoms with E-state index in [2.05, 4.69) is 4.99 Å². The van der Waals surface area contributed by atoms with Crippen molar-refractivity contribution in [1.82, 2.24) is 0 Å². The first-order valence-electron chi connectivity index (χ1n) is 4.60. The number of aliphatic imine (C=N–C) groups is 1. The van der Waals surface area contributed by atoms with Gasteiger partial charge in [0.2, 0.25) is 0 Å². The molecule has 3 nitrogen and oxygen atoms in total. The number of ketones is 1. The normalized spacial score (nSPS) is 13.5. The number of benzene rings is 1. The molecule has 5 heteroatoms. The van der Waals surface area contributed by atoms with E-state index < -0.39 is 0 Å². The van der Waals surface area contributed by atoms with E-state index in [1.165, 1.54) is 24.3 Å². The molecule has 1 aliphatic rings. The van der Waals surface area contributed by atoms with Crippen LogP contribution in [0.25, 0.3) is 0 Å². The van der Waals surface area contributed by atoms with Crippen molar-refractivity contribution in [2.45, 2.75) is 0 Å². The van der Waals surface area contributed by atoms with Gasteiger partial charge in [-0.05, 0) is 36.4 Å². The summed E-state index contributed by atoms with van der Waals surface area (Å²) in [6, 6.07) is 4.25. The molecule has 1 aliphatic carbocycles. The topological polar surface area (TPSA) is 52.5 Å². The minimum Gasteiger partial charge on any atom is -0.872 e. The van der Waals surface area contributed by atoms with Crippen molar-refractivity contribution in [2.75, 3.05) is 0 Å². The van der Waals surface area contributed by atoms with Crippen LogP contribution in [0.1, 0.15) is 0 Å². The molecule has 2 rings (SSSR count).